The van der Waals surface area contributed by atoms with Crippen molar-refractivity contribution in [3.8, 4) is 5.75 Å². The van der Waals surface area contributed by atoms with E-state index in [1.54, 1.807) is 18.1 Å². The first kappa shape index (κ1) is 20.7. The summed E-state index contributed by atoms with van der Waals surface area (Å²) in [5, 5.41) is 3.64. The third-order valence-corrected chi connectivity index (χ3v) is 6.25. The van der Waals surface area contributed by atoms with E-state index in [0.29, 0.717) is 30.1 Å². The maximum Gasteiger partial charge on any atom is 0.250 e. The first-order valence-corrected chi connectivity index (χ1v) is 10.6. The van der Waals surface area contributed by atoms with Crippen molar-refractivity contribution in [3.05, 3.63) is 53.1 Å². The van der Waals surface area contributed by atoms with Crippen LogP contribution in [-0.4, -0.2) is 43.0 Å². The zero-order valence-electron chi connectivity index (χ0n) is 17.3. The Labute approximate surface area is 181 Å². The highest BCUT2D eigenvalue weighted by atomic mass is 35.5. The third kappa shape index (κ3) is 3.66. The molecule has 1 fully saturated rings. The van der Waals surface area contributed by atoms with Crippen LogP contribution < -0.4 is 15.0 Å². The zero-order chi connectivity index (χ0) is 21.3. The largest absolute Gasteiger partial charge is 0.496 e. The number of nitrogens with zero attached hydrogens (tertiary/aromatic N) is 2. The predicted octanol–water partition coefficient (Wildman–Crippen LogP) is 4.08. The Morgan fingerprint density at radius 3 is 2.70 bits per heavy atom. The second-order valence-electron chi connectivity index (χ2n) is 8.07. The van der Waals surface area contributed by atoms with Gasteiger partial charge in [-0.25, -0.2) is 0 Å². The standard InChI is InChI=1S/C23H26ClN3O3/c1-26(14-16-13-17(24)9-10-20(16)30-2)15-21(28)27-19-8-4-3-7-18(19)25-22(29)23(27)11-5-6-12-23/h3-4,7-10,13H,5-6,11-12,14-15H2,1-2H3,(H,25,29). The van der Waals surface area contributed by atoms with Crippen LogP contribution in [0.1, 0.15) is 31.2 Å². The molecule has 1 aliphatic carbocycles. The van der Waals surface area contributed by atoms with Crippen LogP contribution in [-0.2, 0) is 16.1 Å². The van der Waals surface area contributed by atoms with Crippen LogP contribution in [0.5, 0.6) is 5.75 Å². The van der Waals surface area contributed by atoms with E-state index in [0.717, 1.165) is 29.8 Å². The number of benzene rings is 2. The van der Waals surface area contributed by atoms with Crippen LogP contribution in [0, 0.1) is 0 Å². The topological polar surface area (TPSA) is 61.9 Å². The van der Waals surface area contributed by atoms with Gasteiger partial charge in [0.25, 0.3) is 5.91 Å². The average Bonchev–Trinajstić information content (AvgIpc) is 3.19. The normalized spacial score (nSPS) is 17.2. The fraction of sp³-hybridized carbons (Fsp3) is 0.391. The second-order valence-corrected chi connectivity index (χ2v) is 8.50. The van der Waals surface area contributed by atoms with Gasteiger partial charge in [-0.3, -0.25) is 19.4 Å². The Balaban J connectivity index is 1.60. The maximum absolute atomic E-state index is 13.5. The highest BCUT2D eigenvalue weighted by Gasteiger charge is 2.52. The zero-order valence-corrected chi connectivity index (χ0v) is 18.0. The Morgan fingerprint density at radius 1 is 1.23 bits per heavy atom. The summed E-state index contributed by atoms with van der Waals surface area (Å²) in [5.74, 6) is 0.572. The lowest BCUT2D eigenvalue weighted by atomic mass is 9.89. The lowest BCUT2D eigenvalue weighted by Crippen LogP contribution is -2.62. The van der Waals surface area contributed by atoms with E-state index >= 15 is 0 Å². The number of hydrogen-bond acceptors (Lipinski definition) is 4. The molecule has 2 aromatic rings. The second kappa shape index (κ2) is 8.28. The van der Waals surface area contributed by atoms with E-state index in [4.69, 9.17) is 16.3 Å². The SMILES string of the molecule is COc1ccc(Cl)cc1CN(C)CC(=O)N1c2ccccc2NC(=O)C12CCCC2. The number of carbonyl (C=O) groups is 2. The summed E-state index contributed by atoms with van der Waals surface area (Å²) in [7, 11) is 3.50. The van der Waals surface area contributed by atoms with Crippen LogP contribution in [0.4, 0.5) is 11.4 Å². The number of rotatable bonds is 5. The molecule has 4 rings (SSSR count). The van der Waals surface area contributed by atoms with Crippen molar-refractivity contribution in [3.63, 3.8) is 0 Å². The summed E-state index contributed by atoms with van der Waals surface area (Å²) >= 11 is 6.15. The Bertz CT molecular complexity index is 972. The average molecular weight is 428 g/mol. The molecule has 1 saturated carbocycles. The molecule has 2 aromatic carbocycles. The summed E-state index contributed by atoms with van der Waals surface area (Å²) in [6.45, 7) is 0.684. The van der Waals surface area contributed by atoms with Crippen molar-refractivity contribution in [1.82, 2.24) is 4.90 Å². The predicted molar refractivity (Wildman–Crippen MR) is 118 cm³/mol. The summed E-state index contributed by atoms with van der Waals surface area (Å²) < 4.78 is 5.43. The van der Waals surface area contributed by atoms with E-state index < -0.39 is 5.54 Å². The molecule has 2 amide bonds. The molecule has 0 radical (unpaired) electrons. The number of anilines is 2. The van der Waals surface area contributed by atoms with Gasteiger partial charge in [-0.15, -0.1) is 0 Å². The van der Waals surface area contributed by atoms with Gasteiger partial charge < -0.3 is 10.1 Å². The Morgan fingerprint density at radius 2 is 1.97 bits per heavy atom. The van der Waals surface area contributed by atoms with Gasteiger partial charge in [0.15, 0.2) is 0 Å². The molecule has 7 heteroatoms. The minimum atomic E-state index is -0.792. The van der Waals surface area contributed by atoms with Gasteiger partial charge in [0.05, 0.1) is 25.0 Å². The van der Waals surface area contributed by atoms with Crippen LogP contribution in [0.15, 0.2) is 42.5 Å². The van der Waals surface area contributed by atoms with Gasteiger partial charge >= 0.3 is 0 Å². The summed E-state index contributed by atoms with van der Waals surface area (Å²) in [4.78, 5) is 30.3. The van der Waals surface area contributed by atoms with Crippen LogP contribution >= 0.6 is 11.6 Å². The number of hydrogen-bond donors (Lipinski definition) is 1. The molecular weight excluding hydrogens is 402 g/mol. The number of fused-ring (bicyclic) bond motifs is 1. The molecule has 30 heavy (non-hydrogen) atoms. The van der Waals surface area contributed by atoms with Crippen LogP contribution in [0.2, 0.25) is 5.02 Å². The molecule has 1 aliphatic heterocycles. The molecule has 0 saturated heterocycles. The van der Waals surface area contributed by atoms with E-state index in [1.807, 2.05) is 48.3 Å². The minimum absolute atomic E-state index is 0.0776. The summed E-state index contributed by atoms with van der Waals surface area (Å²) in [6, 6.07) is 13.0. The number of amides is 2. The molecule has 0 bridgehead atoms. The molecule has 158 valence electrons. The highest BCUT2D eigenvalue weighted by molar-refractivity contribution is 6.30. The van der Waals surface area contributed by atoms with Gasteiger partial charge in [-0.05, 0) is 50.2 Å². The quantitative estimate of drug-likeness (QED) is 0.781. The summed E-state index contributed by atoms with van der Waals surface area (Å²) in [5.41, 5.74) is 1.58. The van der Waals surface area contributed by atoms with Crippen molar-refractivity contribution in [2.24, 2.45) is 0 Å². The van der Waals surface area contributed by atoms with Gasteiger partial charge in [0.2, 0.25) is 5.91 Å². The Kier molecular flexibility index (Phi) is 5.71. The minimum Gasteiger partial charge on any atom is -0.496 e. The lowest BCUT2D eigenvalue weighted by molar-refractivity contribution is -0.127. The molecule has 1 heterocycles. The first-order valence-electron chi connectivity index (χ1n) is 10.2. The van der Waals surface area contributed by atoms with Crippen molar-refractivity contribution in [2.45, 2.75) is 37.8 Å². The molecule has 1 N–H and O–H groups in total. The van der Waals surface area contributed by atoms with Crippen LogP contribution in [0.3, 0.4) is 0 Å². The fourth-order valence-electron chi connectivity index (χ4n) is 4.65. The van der Waals surface area contributed by atoms with Crippen LogP contribution in [0.25, 0.3) is 0 Å². The maximum atomic E-state index is 13.5. The van der Waals surface area contributed by atoms with Gasteiger partial charge in [0, 0.05) is 17.1 Å². The van der Waals surface area contributed by atoms with Crippen molar-refractivity contribution in [2.75, 3.05) is 30.9 Å². The van der Waals surface area contributed by atoms with Crippen molar-refractivity contribution in [1.29, 1.82) is 0 Å². The van der Waals surface area contributed by atoms with Crippen molar-refractivity contribution >= 4 is 34.8 Å². The molecule has 1 spiro atoms. The van der Waals surface area contributed by atoms with Gasteiger partial charge in [-0.2, -0.15) is 0 Å². The van der Waals surface area contributed by atoms with E-state index in [9.17, 15) is 9.59 Å². The fourth-order valence-corrected chi connectivity index (χ4v) is 4.84. The van der Waals surface area contributed by atoms with E-state index in [-0.39, 0.29) is 18.4 Å². The van der Waals surface area contributed by atoms with Gasteiger partial charge in [-0.1, -0.05) is 36.6 Å². The number of nitrogens with one attached hydrogen (secondary N) is 1. The number of ether oxygens (including phenoxy) is 1. The third-order valence-electron chi connectivity index (χ3n) is 6.01. The Hall–Kier alpha value is -2.57. The smallest absolute Gasteiger partial charge is 0.250 e. The van der Waals surface area contributed by atoms with E-state index in [1.165, 1.54) is 0 Å². The molecule has 2 aliphatic rings. The molecule has 6 nitrogen and oxygen atoms in total. The summed E-state index contributed by atoms with van der Waals surface area (Å²) in [6.07, 6.45) is 3.25. The molecule has 0 aromatic heterocycles. The molecule has 0 unspecified atom stereocenters. The number of carbonyl (C=O) groups excluding carboxylic acids is 2. The molecule has 0 atom stereocenters. The first-order chi connectivity index (χ1) is 14.4. The van der Waals surface area contributed by atoms with Gasteiger partial charge in [0.1, 0.15) is 11.3 Å². The number of halogens is 1. The number of para-hydroxylation sites is 2. The monoisotopic (exact) mass is 427 g/mol. The number of likely N-dealkylation sites (N-methyl/N-ethyl adjacent to an activating group) is 1. The molecular formula is C23H26ClN3O3. The number of methoxy groups -OCH3 is 1. The lowest BCUT2D eigenvalue weighted by Gasteiger charge is -2.44. The van der Waals surface area contributed by atoms with E-state index in [2.05, 4.69) is 5.32 Å². The highest BCUT2D eigenvalue weighted by Crippen LogP contribution is 2.45. The van der Waals surface area contributed by atoms with Crippen molar-refractivity contribution < 1.29 is 14.3 Å².